The van der Waals surface area contributed by atoms with E-state index in [1.54, 1.807) is 11.8 Å². The van der Waals surface area contributed by atoms with E-state index in [2.05, 4.69) is 45.1 Å². The van der Waals surface area contributed by atoms with Crippen molar-refractivity contribution >= 4 is 32.9 Å². The van der Waals surface area contributed by atoms with Crippen molar-refractivity contribution in [3.8, 4) is 0 Å². The molecule has 4 rings (SSSR count). The summed E-state index contributed by atoms with van der Waals surface area (Å²) in [6.07, 6.45) is 2.16. The number of nitrogens with zero attached hydrogens (tertiary/aromatic N) is 2. The first-order chi connectivity index (χ1) is 12.2. The van der Waals surface area contributed by atoms with Crippen molar-refractivity contribution in [3.63, 3.8) is 0 Å². The minimum Gasteiger partial charge on any atom is -0.369 e. The standard InChI is InChI=1S/C20H21BrN2OS/c21-17-10-8-16(9-11-17)18(15-6-2-1-3-7-15)20(24)14-25-19-22-12-4-5-13-23(19)20/h1-3,6-11,18,24H,4-5,12-14H2. The summed E-state index contributed by atoms with van der Waals surface area (Å²) in [5.74, 6) is 0.529. The van der Waals surface area contributed by atoms with E-state index in [1.807, 2.05) is 30.3 Å². The molecule has 0 bridgehead atoms. The highest BCUT2D eigenvalue weighted by Gasteiger charge is 2.50. The van der Waals surface area contributed by atoms with Crippen molar-refractivity contribution in [1.29, 1.82) is 0 Å². The number of hydrogen-bond acceptors (Lipinski definition) is 4. The maximum absolute atomic E-state index is 11.9. The quantitative estimate of drug-likeness (QED) is 0.801. The first kappa shape index (κ1) is 17.1. The molecule has 0 saturated carbocycles. The summed E-state index contributed by atoms with van der Waals surface area (Å²) in [6.45, 7) is 1.73. The maximum atomic E-state index is 11.9. The van der Waals surface area contributed by atoms with Gasteiger partial charge in [-0.25, -0.2) is 0 Å². The van der Waals surface area contributed by atoms with Crippen LogP contribution >= 0.6 is 27.7 Å². The molecule has 2 aromatic rings. The van der Waals surface area contributed by atoms with Crippen LogP contribution in [0.5, 0.6) is 0 Å². The average molecular weight is 417 g/mol. The van der Waals surface area contributed by atoms with Gasteiger partial charge in [-0.15, -0.1) is 0 Å². The van der Waals surface area contributed by atoms with Crippen LogP contribution in [0.4, 0.5) is 0 Å². The van der Waals surface area contributed by atoms with E-state index in [-0.39, 0.29) is 5.92 Å². The highest BCUT2D eigenvalue weighted by molar-refractivity contribution is 9.10. The molecule has 0 spiro atoms. The van der Waals surface area contributed by atoms with Crippen LogP contribution in [0.2, 0.25) is 0 Å². The predicted molar refractivity (Wildman–Crippen MR) is 108 cm³/mol. The molecule has 2 aliphatic heterocycles. The Bertz CT molecular complexity index is 765. The van der Waals surface area contributed by atoms with Crippen LogP contribution in [0.3, 0.4) is 0 Å². The predicted octanol–water partition coefficient (Wildman–Crippen LogP) is 4.47. The van der Waals surface area contributed by atoms with Crippen LogP contribution in [0, 0.1) is 0 Å². The van der Waals surface area contributed by atoms with Crippen LogP contribution in [0.25, 0.3) is 0 Å². The van der Waals surface area contributed by atoms with E-state index in [0.717, 1.165) is 46.7 Å². The molecule has 3 nitrogen and oxygen atoms in total. The Balaban J connectivity index is 1.81. The van der Waals surface area contributed by atoms with E-state index < -0.39 is 5.72 Å². The largest absolute Gasteiger partial charge is 0.369 e. The van der Waals surface area contributed by atoms with Crippen LogP contribution in [0.1, 0.15) is 29.9 Å². The molecule has 1 N–H and O–H groups in total. The number of benzene rings is 2. The summed E-state index contributed by atoms with van der Waals surface area (Å²) in [7, 11) is 0. The van der Waals surface area contributed by atoms with Crippen LogP contribution in [-0.2, 0) is 0 Å². The summed E-state index contributed by atoms with van der Waals surface area (Å²) in [5, 5.41) is 12.9. The molecular weight excluding hydrogens is 396 g/mol. The highest BCUT2D eigenvalue weighted by Crippen LogP contribution is 2.45. The number of thioether (sulfide) groups is 1. The molecular formula is C20H21BrN2OS. The fourth-order valence-electron chi connectivity index (χ4n) is 3.74. The van der Waals surface area contributed by atoms with Gasteiger partial charge in [0.2, 0.25) is 0 Å². The third-order valence-electron chi connectivity index (χ3n) is 4.95. The molecule has 2 unspecified atom stereocenters. The first-order valence-corrected chi connectivity index (χ1v) is 10.4. The summed E-state index contributed by atoms with van der Waals surface area (Å²) >= 11 is 5.20. The molecule has 0 aromatic heterocycles. The monoisotopic (exact) mass is 416 g/mol. The summed E-state index contributed by atoms with van der Waals surface area (Å²) in [5.41, 5.74) is 1.31. The van der Waals surface area contributed by atoms with Gasteiger partial charge in [0.1, 0.15) is 0 Å². The zero-order valence-electron chi connectivity index (χ0n) is 13.9. The number of aliphatic imine (C=N–C) groups is 1. The number of aliphatic hydroxyl groups is 1. The normalized spacial score (nSPS) is 24.4. The second-order valence-electron chi connectivity index (χ2n) is 6.59. The fourth-order valence-corrected chi connectivity index (χ4v) is 5.25. The molecule has 1 saturated heterocycles. The molecule has 0 amide bonds. The Kier molecular flexibility index (Phi) is 4.89. The van der Waals surface area contributed by atoms with E-state index in [0.29, 0.717) is 5.75 Å². The summed E-state index contributed by atoms with van der Waals surface area (Å²) < 4.78 is 1.05. The molecule has 0 radical (unpaired) electrons. The number of fused-ring (bicyclic) bond motifs is 1. The van der Waals surface area contributed by atoms with E-state index in [9.17, 15) is 5.11 Å². The smallest absolute Gasteiger partial charge is 0.161 e. The Morgan fingerprint density at radius 2 is 1.76 bits per heavy atom. The molecule has 5 heteroatoms. The number of halogens is 1. The van der Waals surface area contributed by atoms with Gasteiger partial charge in [0.05, 0.1) is 5.92 Å². The molecule has 2 atom stereocenters. The Labute approximate surface area is 161 Å². The lowest BCUT2D eigenvalue weighted by Gasteiger charge is -2.40. The molecule has 25 heavy (non-hydrogen) atoms. The van der Waals surface area contributed by atoms with Gasteiger partial charge < -0.3 is 10.0 Å². The summed E-state index contributed by atoms with van der Waals surface area (Å²) in [4.78, 5) is 6.85. The molecule has 1 fully saturated rings. The van der Waals surface area contributed by atoms with E-state index >= 15 is 0 Å². The van der Waals surface area contributed by atoms with Gasteiger partial charge >= 0.3 is 0 Å². The minimum atomic E-state index is -0.955. The van der Waals surface area contributed by atoms with Crippen molar-refractivity contribution in [2.75, 3.05) is 18.8 Å². The molecule has 0 aliphatic carbocycles. The van der Waals surface area contributed by atoms with Crippen LogP contribution < -0.4 is 0 Å². The Hall–Kier alpha value is -1.30. The Morgan fingerprint density at radius 1 is 1.04 bits per heavy atom. The fraction of sp³-hybridized carbons (Fsp3) is 0.350. The van der Waals surface area contributed by atoms with Gasteiger partial charge in [-0.2, -0.15) is 0 Å². The molecule has 2 aromatic carbocycles. The van der Waals surface area contributed by atoms with Crippen molar-refractivity contribution in [2.24, 2.45) is 4.99 Å². The Morgan fingerprint density at radius 3 is 2.52 bits per heavy atom. The zero-order chi connectivity index (χ0) is 17.3. The third-order valence-corrected chi connectivity index (χ3v) is 6.65. The lowest BCUT2D eigenvalue weighted by Crippen LogP contribution is -2.52. The lowest BCUT2D eigenvalue weighted by atomic mass is 9.82. The number of hydrogen-bond donors (Lipinski definition) is 1. The van der Waals surface area contributed by atoms with E-state index in [1.165, 1.54) is 0 Å². The topological polar surface area (TPSA) is 35.8 Å². The molecule has 2 heterocycles. The molecule has 130 valence electrons. The van der Waals surface area contributed by atoms with Gasteiger partial charge in [0.25, 0.3) is 0 Å². The number of amidine groups is 1. The van der Waals surface area contributed by atoms with Gasteiger partial charge in [0.15, 0.2) is 10.9 Å². The zero-order valence-corrected chi connectivity index (χ0v) is 16.3. The number of rotatable bonds is 3. The van der Waals surface area contributed by atoms with Crippen molar-refractivity contribution in [1.82, 2.24) is 4.90 Å². The van der Waals surface area contributed by atoms with Crippen LogP contribution in [-0.4, -0.2) is 39.7 Å². The SMILES string of the molecule is OC1(C(c2ccccc2)c2ccc(Br)cc2)CSC2=NCCCCN21. The first-order valence-electron chi connectivity index (χ1n) is 8.66. The van der Waals surface area contributed by atoms with Crippen LogP contribution in [0.15, 0.2) is 64.1 Å². The van der Waals surface area contributed by atoms with Gasteiger partial charge in [0, 0.05) is 23.3 Å². The van der Waals surface area contributed by atoms with Crippen molar-refractivity contribution < 1.29 is 5.11 Å². The van der Waals surface area contributed by atoms with Gasteiger partial charge in [-0.1, -0.05) is 70.2 Å². The van der Waals surface area contributed by atoms with E-state index in [4.69, 9.17) is 4.99 Å². The maximum Gasteiger partial charge on any atom is 0.161 e. The van der Waals surface area contributed by atoms with Crippen molar-refractivity contribution in [2.45, 2.75) is 24.5 Å². The van der Waals surface area contributed by atoms with Gasteiger partial charge in [-0.05, 0) is 36.1 Å². The second-order valence-corrected chi connectivity index (χ2v) is 8.44. The highest BCUT2D eigenvalue weighted by atomic mass is 79.9. The average Bonchev–Trinajstić information content (AvgIpc) is 2.81. The third kappa shape index (κ3) is 3.25. The second kappa shape index (κ2) is 7.14. The minimum absolute atomic E-state index is 0.111. The lowest BCUT2D eigenvalue weighted by molar-refractivity contribution is -0.0552. The van der Waals surface area contributed by atoms with Gasteiger partial charge in [-0.3, -0.25) is 4.99 Å². The summed E-state index contributed by atoms with van der Waals surface area (Å²) in [6, 6.07) is 18.7. The van der Waals surface area contributed by atoms with Crippen molar-refractivity contribution in [3.05, 3.63) is 70.2 Å². The molecule has 2 aliphatic rings.